The highest BCUT2D eigenvalue weighted by Crippen LogP contribution is 2.28. The van der Waals surface area contributed by atoms with Crippen LogP contribution in [-0.4, -0.2) is 7.11 Å². The van der Waals surface area contributed by atoms with Gasteiger partial charge in [-0.05, 0) is 36.8 Å². The first kappa shape index (κ1) is 14.2. The summed E-state index contributed by atoms with van der Waals surface area (Å²) >= 11 is 9.69. The fraction of sp³-hybridized carbons (Fsp3) is 0.200. The molecule has 4 heteroatoms. The van der Waals surface area contributed by atoms with Crippen molar-refractivity contribution in [3.05, 3.63) is 57.0 Å². The molecule has 0 saturated heterocycles. The molecule has 0 aromatic heterocycles. The van der Waals surface area contributed by atoms with Crippen molar-refractivity contribution in [2.75, 3.05) is 12.4 Å². The SMILES string of the molecule is COc1cccc(Cl)c1CNc1cc(Br)ccc1C. The lowest BCUT2D eigenvalue weighted by atomic mass is 10.1. The molecular formula is C15H15BrClNO. The Hall–Kier alpha value is -1.19. The Kier molecular flexibility index (Phi) is 4.72. The van der Waals surface area contributed by atoms with Crippen molar-refractivity contribution in [3.8, 4) is 5.75 Å². The molecule has 0 unspecified atom stereocenters. The van der Waals surface area contributed by atoms with Gasteiger partial charge in [-0.25, -0.2) is 0 Å². The van der Waals surface area contributed by atoms with Gasteiger partial charge in [-0.3, -0.25) is 0 Å². The van der Waals surface area contributed by atoms with Crippen LogP contribution >= 0.6 is 27.5 Å². The zero-order valence-electron chi connectivity index (χ0n) is 10.8. The summed E-state index contributed by atoms with van der Waals surface area (Å²) < 4.78 is 6.38. The Labute approximate surface area is 126 Å². The lowest BCUT2D eigenvalue weighted by molar-refractivity contribution is 0.410. The predicted octanol–water partition coefficient (Wildman–Crippen LogP) is 5.03. The fourth-order valence-electron chi connectivity index (χ4n) is 1.87. The van der Waals surface area contributed by atoms with Crippen molar-refractivity contribution < 1.29 is 4.74 Å². The average Bonchev–Trinajstić information content (AvgIpc) is 2.40. The van der Waals surface area contributed by atoms with Crippen LogP contribution in [0.5, 0.6) is 5.75 Å². The maximum atomic E-state index is 6.22. The molecule has 0 aliphatic heterocycles. The van der Waals surface area contributed by atoms with Gasteiger partial charge in [0.1, 0.15) is 5.75 Å². The van der Waals surface area contributed by atoms with Crippen LogP contribution in [0.3, 0.4) is 0 Å². The van der Waals surface area contributed by atoms with Crippen LogP contribution in [0.2, 0.25) is 5.02 Å². The number of nitrogens with one attached hydrogen (secondary N) is 1. The molecule has 1 N–H and O–H groups in total. The molecule has 0 spiro atoms. The van der Waals surface area contributed by atoms with Gasteiger partial charge in [0.25, 0.3) is 0 Å². The second kappa shape index (κ2) is 6.31. The average molecular weight is 341 g/mol. The molecule has 2 aromatic carbocycles. The summed E-state index contributed by atoms with van der Waals surface area (Å²) in [7, 11) is 1.65. The first-order chi connectivity index (χ1) is 9.11. The van der Waals surface area contributed by atoms with Gasteiger partial charge in [-0.15, -0.1) is 0 Å². The minimum absolute atomic E-state index is 0.625. The normalized spacial score (nSPS) is 10.3. The van der Waals surface area contributed by atoms with E-state index >= 15 is 0 Å². The van der Waals surface area contributed by atoms with Crippen molar-refractivity contribution in [2.45, 2.75) is 13.5 Å². The Balaban J connectivity index is 2.21. The summed E-state index contributed by atoms with van der Waals surface area (Å²) in [5.74, 6) is 0.799. The molecule has 2 nitrogen and oxygen atoms in total. The van der Waals surface area contributed by atoms with E-state index in [0.717, 1.165) is 21.5 Å². The molecule has 0 amide bonds. The Morgan fingerprint density at radius 3 is 2.79 bits per heavy atom. The maximum Gasteiger partial charge on any atom is 0.125 e. The minimum Gasteiger partial charge on any atom is -0.496 e. The summed E-state index contributed by atoms with van der Waals surface area (Å²) in [5.41, 5.74) is 3.23. The van der Waals surface area contributed by atoms with Crippen LogP contribution in [0, 0.1) is 6.92 Å². The highest BCUT2D eigenvalue weighted by Gasteiger charge is 2.08. The van der Waals surface area contributed by atoms with E-state index in [1.165, 1.54) is 5.56 Å². The van der Waals surface area contributed by atoms with E-state index in [0.29, 0.717) is 11.6 Å². The Morgan fingerprint density at radius 1 is 1.26 bits per heavy atom. The molecule has 0 saturated carbocycles. The zero-order chi connectivity index (χ0) is 13.8. The lowest BCUT2D eigenvalue weighted by Crippen LogP contribution is -2.03. The number of hydrogen-bond acceptors (Lipinski definition) is 2. The number of methoxy groups -OCH3 is 1. The number of benzene rings is 2. The number of halogens is 2. The summed E-state index contributed by atoms with van der Waals surface area (Å²) in [4.78, 5) is 0. The van der Waals surface area contributed by atoms with E-state index in [4.69, 9.17) is 16.3 Å². The van der Waals surface area contributed by atoms with E-state index in [-0.39, 0.29) is 0 Å². The Morgan fingerprint density at radius 2 is 2.05 bits per heavy atom. The first-order valence-corrected chi connectivity index (χ1v) is 7.10. The summed E-state index contributed by atoms with van der Waals surface area (Å²) in [6, 6.07) is 11.8. The highest BCUT2D eigenvalue weighted by atomic mass is 79.9. The van der Waals surface area contributed by atoms with Crippen LogP contribution in [0.15, 0.2) is 40.9 Å². The van der Waals surface area contributed by atoms with Crippen LogP contribution in [0.4, 0.5) is 5.69 Å². The molecule has 0 radical (unpaired) electrons. The zero-order valence-corrected chi connectivity index (χ0v) is 13.2. The van der Waals surface area contributed by atoms with E-state index in [1.807, 2.05) is 24.3 Å². The number of hydrogen-bond donors (Lipinski definition) is 1. The van der Waals surface area contributed by atoms with Gasteiger partial charge in [0.15, 0.2) is 0 Å². The van der Waals surface area contributed by atoms with Gasteiger partial charge >= 0.3 is 0 Å². The van der Waals surface area contributed by atoms with Crippen LogP contribution < -0.4 is 10.1 Å². The van der Waals surface area contributed by atoms with E-state index in [2.05, 4.69) is 40.3 Å². The molecular weight excluding hydrogens is 326 g/mol. The lowest BCUT2D eigenvalue weighted by Gasteiger charge is -2.14. The molecule has 2 rings (SSSR count). The number of aryl methyl sites for hydroxylation is 1. The molecule has 0 heterocycles. The smallest absolute Gasteiger partial charge is 0.125 e. The third-order valence-electron chi connectivity index (χ3n) is 2.95. The van der Waals surface area contributed by atoms with Crippen LogP contribution in [0.25, 0.3) is 0 Å². The van der Waals surface area contributed by atoms with Gasteiger partial charge in [-0.2, -0.15) is 0 Å². The number of anilines is 1. The van der Waals surface area contributed by atoms with E-state index < -0.39 is 0 Å². The molecule has 19 heavy (non-hydrogen) atoms. The van der Waals surface area contributed by atoms with Crippen LogP contribution in [0.1, 0.15) is 11.1 Å². The second-order valence-corrected chi connectivity index (χ2v) is 5.56. The van der Waals surface area contributed by atoms with Crippen molar-refractivity contribution in [3.63, 3.8) is 0 Å². The second-order valence-electron chi connectivity index (χ2n) is 4.23. The van der Waals surface area contributed by atoms with Gasteiger partial charge in [0, 0.05) is 27.3 Å². The molecule has 0 aliphatic carbocycles. The van der Waals surface area contributed by atoms with Gasteiger partial charge in [-0.1, -0.05) is 39.7 Å². The monoisotopic (exact) mass is 339 g/mol. The van der Waals surface area contributed by atoms with Crippen LogP contribution in [-0.2, 0) is 6.54 Å². The number of ether oxygens (including phenoxy) is 1. The van der Waals surface area contributed by atoms with Gasteiger partial charge in [0.2, 0.25) is 0 Å². The third-order valence-corrected chi connectivity index (χ3v) is 3.80. The van der Waals surface area contributed by atoms with Crippen molar-refractivity contribution in [1.29, 1.82) is 0 Å². The van der Waals surface area contributed by atoms with Crippen molar-refractivity contribution in [1.82, 2.24) is 0 Å². The van der Waals surface area contributed by atoms with Crippen molar-refractivity contribution in [2.24, 2.45) is 0 Å². The first-order valence-electron chi connectivity index (χ1n) is 5.93. The fourth-order valence-corrected chi connectivity index (χ4v) is 2.46. The Bertz CT molecular complexity index is 586. The molecule has 0 fully saturated rings. The van der Waals surface area contributed by atoms with Gasteiger partial charge < -0.3 is 10.1 Å². The summed E-state index contributed by atoms with van der Waals surface area (Å²) in [6.07, 6.45) is 0. The summed E-state index contributed by atoms with van der Waals surface area (Å²) in [5, 5.41) is 4.10. The topological polar surface area (TPSA) is 21.3 Å². The van der Waals surface area contributed by atoms with E-state index in [1.54, 1.807) is 7.11 Å². The minimum atomic E-state index is 0.625. The number of rotatable bonds is 4. The molecule has 100 valence electrons. The molecule has 0 aliphatic rings. The third kappa shape index (κ3) is 3.43. The predicted molar refractivity (Wildman–Crippen MR) is 84.2 cm³/mol. The molecule has 0 atom stereocenters. The van der Waals surface area contributed by atoms with Gasteiger partial charge in [0.05, 0.1) is 7.11 Å². The standard InChI is InChI=1S/C15H15BrClNO/c1-10-6-7-11(16)8-14(10)18-9-12-13(17)4-3-5-15(12)19-2/h3-8,18H,9H2,1-2H3. The molecule has 2 aromatic rings. The van der Waals surface area contributed by atoms with E-state index in [9.17, 15) is 0 Å². The quantitative estimate of drug-likeness (QED) is 0.842. The maximum absolute atomic E-state index is 6.22. The molecule has 0 bridgehead atoms. The summed E-state index contributed by atoms with van der Waals surface area (Å²) in [6.45, 7) is 2.69. The van der Waals surface area contributed by atoms with Crippen molar-refractivity contribution >= 4 is 33.2 Å². The highest BCUT2D eigenvalue weighted by molar-refractivity contribution is 9.10. The largest absolute Gasteiger partial charge is 0.496 e.